The van der Waals surface area contributed by atoms with Crippen LogP contribution in [0.1, 0.15) is 19.5 Å². The summed E-state index contributed by atoms with van der Waals surface area (Å²) in [7, 11) is 1.95. The lowest BCUT2D eigenvalue weighted by Crippen LogP contribution is -2.35. The van der Waals surface area contributed by atoms with Crippen LogP contribution in [0.15, 0.2) is 24.9 Å². The van der Waals surface area contributed by atoms with Gasteiger partial charge in [-0.15, -0.1) is 5.10 Å². The first kappa shape index (κ1) is 11.8. The quantitative estimate of drug-likeness (QED) is 0.824. The molecule has 0 aromatic carbocycles. The summed E-state index contributed by atoms with van der Waals surface area (Å²) in [4.78, 5) is 4.21. The zero-order valence-electron chi connectivity index (χ0n) is 10.5. The van der Waals surface area contributed by atoms with Crippen molar-refractivity contribution in [1.82, 2.24) is 29.9 Å². The molecule has 92 valence electrons. The van der Waals surface area contributed by atoms with Crippen molar-refractivity contribution in [2.75, 3.05) is 7.05 Å². The van der Waals surface area contributed by atoms with Gasteiger partial charge in [0.1, 0.15) is 0 Å². The highest BCUT2D eigenvalue weighted by atomic mass is 15.4. The number of hydrogen-bond donors (Lipinski definition) is 1. The summed E-state index contributed by atoms with van der Waals surface area (Å²) in [6.07, 6.45) is 7.30. The van der Waals surface area contributed by atoms with Crippen LogP contribution in [0.2, 0.25) is 0 Å². The van der Waals surface area contributed by atoms with Crippen molar-refractivity contribution < 1.29 is 0 Å². The van der Waals surface area contributed by atoms with Gasteiger partial charge in [-0.2, -0.15) is 0 Å². The molecule has 0 fully saturated rings. The van der Waals surface area contributed by atoms with Crippen LogP contribution >= 0.6 is 0 Å². The molecule has 0 spiro atoms. The smallest absolute Gasteiger partial charge is 0.0949 e. The van der Waals surface area contributed by atoms with Gasteiger partial charge in [0, 0.05) is 18.9 Å². The van der Waals surface area contributed by atoms with Crippen LogP contribution < -0.4 is 5.32 Å². The average Bonchev–Trinajstić information content (AvgIpc) is 2.97. The molecule has 2 heterocycles. The molecule has 0 bridgehead atoms. The minimum absolute atomic E-state index is 0.0845. The first-order valence-corrected chi connectivity index (χ1v) is 5.67. The SMILES string of the molecule is CNC(C)(C)c1cncn1CCn1ccnn1. The fourth-order valence-electron chi connectivity index (χ4n) is 1.71. The third kappa shape index (κ3) is 2.52. The molecule has 0 amide bonds. The Morgan fingerprint density at radius 3 is 2.82 bits per heavy atom. The van der Waals surface area contributed by atoms with Crippen LogP contribution in [0, 0.1) is 0 Å². The molecule has 2 aromatic heterocycles. The van der Waals surface area contributed by atoms with Gasteiger partial charge in [0.2, 0.25) is 0 Å². The largest absolute Gasteiger partial charge is 0.331 e. The summed E-state index contributed by atoms with van der Waals surface area (Å²) >= 11 is 0. The average molecular weight is 234 g/mol. The summed E-state index contributed by atoms with van der Waals surface area (Å²) in [5.41, 5.74) is 1.08. The van der Waals surface area contributed by atoms with Crippen LogP contribution in [0.25, 0.3) is 0 Å². The van der Waals surface area contributed by atoms with Gasteiger partial charge in [0.25, 0.3) is 0 Å². The molecule has 0 saturated heterocycles. The highest BCUT2D eigenvalue weighted by Gasteiger charge is 2.21. The number of hydrogen-bond acceptors (Lipinski definition) is 4. The Morgan fingerprint density at radius 2 is 2.18 bits per heavy atom. The van der Waals surface area contributed by atoms with E-state index in [4.69, 9.17) is 0 Å². The van der Waals surface area contributed by atoms with E-state index in [1.807, 2.05) is 30.5 Å². The van der Waals surface area contributed by atoms with Crippen LogP contribution in [0.3, 0.4) is 0 Å². The highest BCUT2D eigenvalue weighted by molar-refractivity contribution is 5.10. The van der Waals surface area contributed by atoms with Gasteiger partial charge in [-0.05, 0) is 20.9 Å². The van der Waals surface area contributed by atoms with E-state index in [0.29, 0.717) is 0 Å². The van der Waals surface area contributed by atoms with E-state index < -0.39 is 0 Å². The maximum Gasteiger partial charge on any atom is 0.0949 e. The van der Waals surface area contributed by atoms with Crippen LogP contribution in [-0.2, 0) is 18.6 Å². The number of imidazole rings is 1. The van der Waals surface area contributed by atoms with E-state index in [9.17, 15) is 0 Å². The summed E-state index contributed by atoms with van der Waals surface area (Å²) < 4.78 is 3.95. The van der Waals surface area contributed by atoms with E-state index >= 15 is 0 Å². The van der Waals surface area contributed by atoms with Crippen molar-refractivity contribution in [2.45, 2.75) is 32.5 Å². The molecule has 0 saturated carbocycles. The number of nitrogens with one attached hydrogen (secondary N) is 1. The molecule has 17 heavy (non-hydrogen) atoms. The fourth-order valence-corrected chi connectivity index (χ4v) is 1.71. The topological polar surface area (TPSA) is 60.6 Å². The maximum absolute atomic E-state index is 4.21. The molecular formula is C11H18N6. The first-order valence-electron chi connectivity index (χ1n) is 5.67. The lowest BCUT2D eigenvalue weighted by Gasteiger charge is -2.25. The summed E-state index contributed by atoms with van der Waals surface area (Å²) in [6, 6.07) is 0. The lowest BCUT2D eigenvalue weighted by molar-refractivity contribution is 0.397. The van der Waals surface area contributed by atoms with Gasteiger partial charge >= 0.3 is 0 Å². The minimum atomic E-state index is -0.0845. The molecule has 0 aliphatic rings. The number of aromatic nitrogens is 5. The zero-order chi connectivity index (χ0) is 12.3. The summed E-state index contributed by atoms with van der Waals surface area (Å²) in [6.45, 7) is 5.90. The molecule has 6 heteroatoms. The number of aryl methyl sites for hydroxylation is 2. The first-order chi connectivity index (χ1) is 8.13. The number of rotatable bonds is 5. The Morgan fingerprint density at radius 1 is 1.35 bits per heavy atom. The molecule has 2 aromatic rings. The summed E-state index contributed by atoms with van der Waals surface area (Å²) in [5.74, 6) is 0. The van der Waals surface area contributed by atoms with Crippen molar-refractivity contribution in [3.8, 4) is 0 Å². The van der Waals surface area contributed by atoms with E-state index in [2.05, 4.69) is 39.0 Å². The van der Waals surface area contributed by atoms with Gasteiger partial charge in [0.15, 0.2) is 0 Å². The van der Waals surface area contributed by atoms with Gasteiger partial charge in [0.05, 0.1) is 30.3 Å². The Hall–Kier alpha value is -1.69. The maximum atomic E-state index is 4.21. The number of nitrogens with zero attached hydrogens (tertiary/aromatic N) is 5. The Labute approximate surface area is 101 Å². The molecule has 1 N–H and O–H groups in total. The van der Waals surface area contributed by atoms with Crippen molar-refractivity contribution in [2.24, 2.45) is 0 Å². The predicted molar refractivity (Wildman–Crippen MR) is 64.3 cm³/mol. The van der Waals surface area contributed by atoms with Crippen LogP contribution in [0.5, 0.6) is 0 Å². The minimum Gasteiger partial charge on any atom is -0.331 e. The van der Waals surface area contributed by atoms with Crippen LogP contribution in [-0.4, -0.2) is 31.6 Å². The summed E-state index contributed by atoms with van der Waals surface area (Å²) in [5, 5.41) is 11.0. The second-order valence-electron chi connectivity index (χ2n) is 4.51. The van der Waals surface area contributed by atoms with E-state index in [1.165, 1.54) is 5.69 Å². The lowest BCUT2D eigenvalue weighted by atomic mass is 10.0. The predicted octanol–water partition coefficient (Wildman–Crippen LogP) is 0.629. The molecule has 0 aliphatic carbocycles. The fraction of sp³-hybridized carbons (Fsp3) is 0.545. The standard InChI is InChI=1S/C11H18N6/c1-11(2,12-3)10-8-13-9-16(10)6-7-17-5-4-14-15-17/h4-5,8-9,12H,6-7H2,1-3H3. The molecular weight excluding hydrogens is 216 g/mol. The van der Waals surface area contributed by atoms with Gasteiger partial charge in [-0.3, -0.25) is 4.68 Å². The monoisotopic (exact) mass is 234 g/mol. The molecule has 0 aliphatic heterocycles. The third-order valence-electron chi connectivity index (χ3n) is 3.02. The highest BCUT2D eigenvalue weighted by Crippen LogP contribution is 2.18. The molecule has 0 radical (unpaired) electrons. The Kier molecular flexibility index (Phi) is 3.23. The molecule has 0 atom stereocenters. The molecule has 2 rings (SSSR count). The van der Waals surface area contributed by atoms with Crippen LogP contribution in [0.4, 0.5) is 0 Å². The van der Waals surface area contributed by atoms with Crippen molar-refractivity contribution in [3.63, 3.8) is 0 Å². The van der Waals surface area contributed by atoms with Gasteiger partial charge in [-0.1, -0.05) is 5.21 Å². The van der Waals surface area contributed by atoms with Gasteiger partial charge < -0.3 is 9.88 Å². The molecule has 0 unspecified atom stereocenters. The zero-order valence-corrected chi connectivity index (χ0v) is 10.5. The van der Waals surface area contributed by atoms with Crippen molar-refractivity contribution >= 4 is 0 Å². The second-order valence-corrected chi connectivity index (χ2v) is 4.51. The molecule has 6 nitrogen and oxygen atoms in total. The Bertz CT molecular complexity index is 456. The van der Waals surface area contributed by atoms with Crippen molar-refractivity contribution in [1.29, 1.82) is 0 Å². The van der Waals surface area contributed by atoms with Crippen molar-refractivity contribution in [3.05, 3.63) is 30.6 Å². The van der Waals surface area contributed by atoms with E-state index in [1.54, 1.807) is 6.20 Å². The van der Waals surface area contributed by atoms with E-state index in [0.717, 1.165) is 13.1 Å². The van der Waals surface area contributed by atoms with E-state index in [-0.39, 0.29) is 5.54 Å². The van der Waals surface area contributed by atoms with Gasteiger partial charge in [-0.25, -0.2) is 4.98 Å². The second kappa shape index (κ2) is 4.67. The third-order valence-corrected chi connectivity index (χ3v) is 3.02. The Balaban J connectivity index is 2.09. The normalized spacial score (nSPS) is 11.9.